The van der Waals surface area contributed by atoms with E-state index >= 15 is 0 Å². The van der Waals surface area contributed by atoms with Crippen molar-refractivity contribution >= 4 is 12.6 Å². The summed E-state index contributed by atoms with van der Waals surface area (Å²) in [7, 11) is 2.07. The fourth-order valence-electron chi connectivity index (χ4n) is 2.28. The highest BCUT2D eigenvalue weighted by atomic mass is 32.1. The zero-order chi connectivity index (χ0) is 13.1. The number of rotatable bonds is 11. The van der Waals surface area contributed by atoms with Crippen LogP contribution in [0.25, 0.3) is 0 Å². The van der Waals surface area contributed by atoms with Gasteiger partial charge in [-0.2, -0.15) is 12.6 Å². The molecule has 1 aromatic rings. The number of thiol groups is 1. The van der Waals surface area contributed by atoms with Gasteiger partial charge in [-0.25, -0.2) is 9.13 Å². The predicted molar refractivity (Wildman–Crippen MR) is 81.0 cm³/mol. The topological polar surface area (TPSA) is 8.81 Å². The van der Waals surface area contributed by atoms with E-state index < -0.39 is 0 Å². The lowest BCUT2D eigenvalue weighted by Gasteiger charge is -2.01. The molecular weight excluding hydrogens is 240 g/mol. The zero-order valence-corrected chi connectivity index (χ0v) is 12.7. The summed E-state index contributed by atoms with van der Waals surface area (Å²) in [5, 5.41) is 0. The van der Waals surface area contributed by atoms with Gasteiger partial charge < -0.3 is 0 Å². The second-order valence-corrected chi connectivity index (χ2v) is 5.67. The van der Waals surface area contributed by atoms with E-state index in [4.69, 9.17) is 0 Å². The van der Waals surface area contributed by atoms with Crippen LogP contribution in [0.4, 0.5) is 0 Å². The molecule has 0 unspecified atom stereocenters. The fraction of sp³-hybridized carbons (Fsp3) is 0.800. The van der Waals surface area contributed by atoms with Crippen LogP contribution >= 0.6 is 12.6 Å². The highest BCUT2D eigenvalue weighted by Gasteiger charge is 1.99. The summed E-state index contributed by atoms with van der Waals surface area (Å²) in [5.74, 6) is 1.05. The van der Waals surface area contributed by atoms with E-state index in [0.29, 0.717) is 0 Å². The van der Waals surface area contributed by atoms with Crippen molar-refractivity contribution in [1.29, 1.82) is 0 Å². The van der Waals surface area contributed by atoms with Crippen molar-refractivity contribution in [3.63, 3.8) is 0 Å². The van der Waals surface area contributed by atoms with Crippen LogP contribution in [-0.4, -0.2) is 10.3 Å². The molecule has 3 heteroatoms. The van der Waals surface area contributed by atoms with Crippen LogP contribution in [0.3, 0.4) is 0 Å². The molecule has 2 nitrogen and oxygen atoms in total. The first-order valence-electron chi connectivity index (χ1n) is 7.45. The number of aryl methyl sites for hydroxylation is 2. The van der Waals surface area contributed by atoms with Gasteiger partial charge in [0, 0.05) is 0 Å². The highest BCUT2D eigenvalue weighted by molar-refractivity contribution is 7.80. The summed E-state index contributed by atoms with van der Waals surface area (Å²) in [6, 6.07) is 0. The molecule has 0 fully saturated rings. The quantitative estimate of drug-likeness (QED) is 0.356. The third-order valence-electron chi connectivity index (χ3n) is 3.40. The van der Waals surface area contributed by atoms with Crippen LogP contribution in [0.15, 0.2) is 18.7 Å². The van der Waals surface area contributed by atoms with Crippen LogP contribution in [0.5, 0.6) is 0 Å². The van der Waals surface area contributed by atoms with E-state index in [1.165, 1.54) is 64.3 Å². The minimum Gasteiger partial charge on any atom is -0.240 e. The largest absolute Gasteiger partial charge is 0.243 e. The van der Waals surface area contributed by atoms with Gasteiger partial charge in [0.15, 0.2) is 0 Å². The first-order valence-corrected chi connectivity index (χ1v) is 8.08. The predicted octanol–water partition coefficient (Wildman–Crippen LogP) is 3.75. The van der Waals surface area contributed by atoms with E-state index in [2.05, 4.69) is 47.5 Å². The lowest BCUT2D eigenvalue weighted by molar-refractivity contribution is -0.671. The lowest BCUT2D eigenvalue weighted by atomic mass is 10.1. The average molecular weight is 269 g/mol. The molecule has 0 aliphatic heterocycles. The van der Waals surface area contributed by atoms with Crippen molar-refractivity contribution in [3.05, 3.63) is 18.7 Å². The Hall–Kier alpha value is -0.440. The van der Waals surface area contributed by atoms with Crippen LogP contribution in [0, 0.1) is 0 Å². The second kappa shape index (κ2) is 10.5. The van der Waals surface area contributed by atoms with Gasteiger partial charge in [0.1, 0.15) is 12.4 Å². The molecule has 0 N–H and O–H groups in total. The molecule has 0 aliphatic rings. The Morgan fingerprint density at radius 2 is 1.44 bits per heavy atom. The minimum atomic E-state index is 1.05. The van der Waals surface area contributed by atoms with Crippen LogP contribution in [0.1, 0.15) is 57.8 Å². The molecule has 0 saturated heterocycles. The average Bonchev–Trinajstić information content (AvgIpc) is 2.77. The molecule has 1 rings (SSSR count). The van der Waals surface area contributed by atoms with Gasteiger partial charge in [-0.3, -0.25) is 0 Å². The molecule has 0 spiro atoms. The molecule has 0 amide bonds. The number of imidazole rings is 1. The summed E-state index contributed by atoms with van der Waals surface area (Å²) < 4.78 is 4.38. The van der Waals surface area contributed by atoms with Gasteiger partial charge in [-0.1, -0.05) is 38.5 Å². The van der Waals surface area contributed by atoms with E-state index in [9.17, 15) is 0 Å². The molecule has 0 aliphatic carbocycles. The Morgan fingerprint density at radius 1 is 0.889 bits per heavy atom. The summed E-state index contributed by atoms with van der Waals surface area (Å²) >= 11 is 4.23. The van der Waals surface area contributed by atoms with Gasteiger partial charge in [0.2, 0.25) is 6.33 Å². The molecule has 1 aromatic heterocycles. The lowest BCUT2D eigenvalue weighted by Crippen LogP contribution is -2.23. The standard InChI is InChI=1S/C15H28N2S/c1-16-12-13-17(15-16)11-9-7-5-3-2-4-6-8-10-14-18/h12-13,15H,2-11,14H2,1H3/p+1. The molecule has 0 radical (unpaired) electrons. The van der Waals surface area contributed by atoms with Crippen molar-refractivity contribution in [2.45, 2.75) is 64.3 Å². The molecule has 0 bridgehead atoms. The zero-order valence-electron chi connectivity index (χ0n) is 11.9. The SMILES string of the molecule is C[n+]1ccn(CCCCCCCCCCCS)c1. The van der Waals surface area contributed by atoms with Crippen LogP contribution < -0.4 is 4.57 Å². The summed E-state index contributed by atoms with van der Waals surface area (Å²) in [6.45, 7) is 1.17. The van der Waals surface area contributed by atoms with Gasteiger partial charge in [0.25, 0.3) is 0 Å². The molecule has 0 saturated carbocycles. The number of unbranched alkanes of at least 4 members (excludes halogenated alkanes) is 8. The summed E-state index contributed by atoms with van der Waals surface area (Å²) in [6.07, 6.45) is 18.8. The van der Waals surface area contributed by atoms with Crippen molar-refractivity contribution in [2.24, 2.45) is 7.05 Å². The maximum atomic E-state index is 4.23. The van der Waals surface area contributed by atoms with Crippen molar-refractivity contribution in [3.8, 4) is 0 Å². The molecular formula is C15H29N2S+. The van der Waals surface area contributed by atoms with Crippen molar-refractivity contribution < 1.29 is 4.57 Å². The van der Waals surface area contributed by atoms with Crippen molar-refractivity contribution in [2.75, 3.05) is 5.75 Å². The van der Waals surface area contributed by atoms with Gasteiger partial charge in [-0.15, -0.1) is 0 Å². The van der Waals surface area contributed by atoms with Gasteiger partial charge in [0.05, 0.1) is 13.6 Å². The first-order chi connectivity index (χ1) is 8.83. The van der Waals surface area contributed by atoms with Crippen molar-refractivity contribution in [1.82, 2.24) is 4.57 Å². The molecule has 0 atom stereocenters. The summed E-state index contributed by atoms with van der Waals surface area (Å²) in [4.78, 5) is 0. The monoisotopic (exact) mass is 269 g/mol. The Labute approximate surface area is 118 Å². The summed E-state index contributed by atoms with van der Waals surface area (Å²) in [5.41, 5.74) is 0. The first kappa shape index (κ1) is 15.6. The Kier molecular flexibility index (Phi) is 9.09. The van der Waals surface area contributed by atoms with E-state index in [1.54, 1.807) is 0 Å². The van der Waals surface area contributed by atoms with E-state index in [1.807, 2.05) is 0 Å². The molecule has 0 aromatic carbocycles. The van der Waals surface area contributed by atoms with E-state index in [0.717, 1.165) is 5.75 Å². The number of hydrogen-bond donors (Lipinski definition) is 1. The Balaban J connectivity index is 1.81. The maximum absolute atomic E-state index is 4.23. The molecule has 104 valence electrons. The second-order valence-electron chi connectivity index (χ2n) is 5.22. The maximum Gasteiger partial charge on any atom is 0.243 e. The Bertz CT molecular complexity index is 296. The molecule has 1 heterocycles. The fourth-order valence-corrected chi connectivity index (χ4v) is 2.50. The van der Waals surface area contributed by atoms with E-state index in [-0.39, 0.29) is 0 Å². The van der Waals surface area contributed by atoms with Gasteiger partial charge >= 0.3 is 0 Å². The number of aromatic nitrogens is 2. The normalized spacial score (nSPS) is 11.0. The van der Waals surface area contributed by atoms with Crippen LogP contribution in [0.2, 0.25) is 0 Å². The highest BCUT2D eigenvalue weighted by Crippen LogP contribution is 2.10. The number of hydrogen-bond acceptors (Lipinski definition) is 1. The van der Waals surface area contributed by atoms with Gasteiger partial charge in [-0.05, 0) is 25.0 Å². The minimum absolute atomic E-state index is 1.05. The third kappa shape index (κ3) is 7.80. The number of nitrogens with zero attached hydrogens (tertiary/aromatic N) is 2. The smallest absolute Gasteiger partial charge is 0.240 e. The Morgan fingerprint density at radius 3 is 1.94 bits per heavy atom. The third-order valence-corrected chi connectivity index (χ3v) is 3.71. The molecule has 18 heavy (non-hydrogen) atoms. The van der Waals surface area contributed by atoms with Crippen LogP contribution in [-0.2, 0) is 13.6 Å².